The molecule has 0 spiro atoms. The van der Waals surface area contributed by atoms with Gasteiger partial charge in [-0.3, -0.25) is 0 Å². The lowest BCUT2D eigenvalue weighted by atomic mass is 10.1. The van der Waals surface area contributed by atoms with E-state index in [0.717, 1.165) is 11.3 Å². The van der Waals surface area contributed by atoms with E-state index >= 15 is 0 Å². The maximum absolute atomic E-state index is 9.41. The Morgan fingerprint density at radius 3 is 2.42 bits per heavy atom. The van der Waals surface area contributed by atoms with Crippen molar-refractivity contribution in [3.63, 3.8) is 0 Å². The van der Waals surface area contributed by atoms with Gasteiger partial charge in [0.2, 0.25) is 0 Å². The molecule has 0 aromatic heterocycles. The minimum absolute atomic E-state index is 0.434. The number of halogens is 1. The number of hydrogen-bond donors (Lipinski definition) is 1. The average Bonchev–Trinajstić information content (AvgIpc) is 2.17. The van der Waals surface area contributed by atoms with Gasteiger partial charge in [0.05, 0.1) is 13.2 Å². The van der Waals surface area contributed by atoms with Crippen LogP contribution in [0.25, 0.3) is 0 Å². The van der Waals surface area contributed by atoms with Crippen LogP contribution in [0, 0.1) is 0 Å². The fraction of sp³-hybridized carbons (Fsp3) is 0.333. The second kappa shape index (κ2) is 4.48. The van der Waals surface area contributed by atoms with E-state index in [4.69, 9.17) is 4.74 Å². The Labute approximate surface area is 80.3 Å². The number of aliphatic hydroxyl groups is 1. The van der Waals surface area contributed by atoms with Crippen molar-refractivity contribution in [1.29, 1.82) is 0 Å². The summed E-state index contributed by atoms with van der Waals surface area (Å²) in [4.78, 5) is 0. The fourth-order valence-electron chi connectivity index (χ4n) is 0.915. The third-order valence-corrected chi connectivity index (χ3v) is 2.26. The molecule has 1 atom stereocenters. The van der Waals surface area contributed by atoms with Gasteiger partial charge in [0.1, 0.15) is 5.75 Å². The molecule has 0 fully saturated rings. The first-order chi connectivity index (χ1) is 5.77. The summed E-state index contributed by atoms with van der Waals surface area (Å²) in [6, 6.07) is 7.37. The molecular weight excluding hydrogens is 220 g/mol. The highest BCUT2D eigenvalue weighted by molar-refractivity contribution is 9.09. The standard InChI is InChI=1S/C9H11BrO2/c1-12-8-4-2-7(3-5-8)9(11)6-10/h2-5,9,11H,6H2,1H3/t9-/m0/s1. The molecule has 0 aliphatic heterocycles. The highest BCUT2D eigenvalue weighted by Gasteiger charge is 2.04. The summed E-state index contributed by atoms with van der Waals surface area (Å²) in [5.74, 6) is 0.806. The van der Waals surface area contributed by atoms with Crippen LogP contribution in [-0.2, 0) is 0 Å². The quantitative estimate of drug-likeness (QED) is 0.807. The van der Waals surface area contributed by atoms with Crippen molar-refractivity contribution in [3.05, 3.63) is 29.8 Å². The van der Waals surface area contributed by atoms with Crippen LogP contribution in [0.1, 0.15) is 11.7 Å². The predicted molar refractivity (Wildman–Crippen MR) is 51.7 cm³/mol. The third-order valence-electron chi connectivity index (χ3n) is 1.65. The number of aliphatic hydroxyl groups excluding tert-OH is 1. The SMILES string of the molecule is COc1ccc([C@@H](O)CBr)cc1. The number of alkyl halides is 1. The van der Waals surface area contributed by atoms with Crippen LogP contribution >= 0.6 is 15.9 Å². The average molecular weight is 231 g/mol. The Morgan fingerprint density at radius 1 is 1.42 bits per heavy atom. The van der Waals surface area contributed by atoms with Crippen molar-refractivity contribution in [3.8, 4) is 5.75 Å². The van der Waals surface area contributed by atoms with Gasteiger partial charge in [-0.1, -0.05) is 28.1 Å². The van der Waals surface area contributed by atoms with Crippen LogP contribution in [0.15, 0.2) is 24.3 Å². The Kier molecular flexibility index (Phi) is 3.56. The molecule has 0 amide bonds. The molecule has 0 heterocycles. The monoisotopic (exact) mass is 230 g/mol. The van der Waals surface area contributed by atoms with E-state index in [1.807, 2.05) is 24.3 Å². The highest BCUT2D eigenvalue weighted by atomic mass is 79.9. The van der Waals surface area contributed by atoms with E-state index in [2.05, 4.69) is 15.9 Å². The molecule has 12 heavy (non-hydrogen) atoms. The van der Waals surface area contributed by atoms with E-state index in [-0.39, 0.29) is 0 Å². The second-order valence-electron chi connectivity index (χ2n) is 2.44. The van der Waals surface area contributed by atoms with Gasteiger partial charge in [-0.15, -0.1) is 0 Å². The van der Waals surface area contributed by atoms with Gasteiger partial charge < -0.3 is 9.84 Å². The van der Waals surface area contributed by atoms with Crippen molar-refractivity contribution < 1.29 is 9.84 Å². The highest BCUT2D eigenvalue weighted by Crippen LogP contribution is 2.18. The van der Waals surface area contributed by atoms with E-state index in [1.54, 1.807) is 7.11 Å². The summed E-state index contributed by atoms with van der Waals surface area (Å²) < 4.78 is 4.99. The number of methoxy groups -OCH3 is 1. The zero-order valence-electron chi connectivity index (χ0n) is 6.83. The Morgan fingerprint density at radius 2 is 2.00 bits per heavy atom. The Balaban J connectivity index is 2.77. The normalized spacial score (nSPS) is 12.6. The van der Waals surface area contributed by atoms with E-state index in [1.165, 1.54) is 0 Å². The van der Waals surface area contributed by atoms with Crippen molar-refractivity contribution in [2.24, 2.45) is 0 Å². The number of benzene rings is 1. The first-order valence-corrected chi connectivity index (χ1v) is 4.78. The molecule has 1 rings (SSSR count). The lowest BCUT2D eigenvalue weighted by molar-refractivity contribution is 0.205. The third kappa shape index (κ3) is 2.22. The minimum atomic E-state index is -0.434. The number of hydrogen-bond acceptors (Lipinski definition) is 2. The van der Waals surface area contributed by atoms with Gasteiger partial charge in [-0.05, 0) is 17.7 Å². The summed E-state index contributed by atoms with van der Waals surface area (Å²) in [7, 11) is 1.62. The molecule has 1 N–H and O–H groups in total. The zero-order chi connectivity index (χ0) is 8.97. The fourth-order valence-corrected chi connectivity index (χ4v) is 1.29. The van der Waals surface area contributed by atoms with Gasteiger partial charge in [0.25, 0.3) is 0 Å². The number of rotatable bonds is 3. The van der Waals surface area contributed by atoms with Gasteiger partial charge in [-0.2, -0.15) is 0 Å². The van der Waals surface area contributed by atoms with Crippen molar-refractivity contribution in [1.82, 2.24) is 0 Å². The van der Waals surface area contributed by atoms with Crippen molar-refractivity contribution in [2.75, 3.05) is 12.4 Å². The Bertz CT molecular complexity index is 233. The minimum Gasteiger partial charge on any atom is -0.497 e. The van der Waals surface area contributed by atoms with Crippen LogP contribution in [0.5, 0.6) is 5.75 Å². The first-order valence-electron chi connectivity index (χ1n) is 3.66. The van der Waals surface area contributed by atoms with Crippen LogP contribution in [-0.4, -0.2) is 17.5 Å². The summed E-state index contributed by atoms with van der Waals surface area (Å²) in [5, 5.41) is 9.96. The maximum Gasteiger partial charge on any atom is 0.118 e. The molecule has 0 saturated heterocycles. The van der Waals surface area contributed by atoms with Crippen LogP contribution < -0.4 is 4.74 Å². The summed E-state index contributed by atoms with van der Waals surface area (Å²) in [5.41, 5.74) is 0.896. The molecule has 1 aromatic carbocycles. The van der Waals surface area contributed by atoms with Crippen molar-refractivity contribution in [2.45, 2.75) is 6.10 Å². The molecule has 0 radical (unpaired) electrons. The Hall–Kier alpha value is -0.540. The van der Waals surface area contributed by atoms with Crippen molar-refractivity contribution >= 4 is 15.9 Å². The predicted octanol–water partition coefficient (Wildman–Crippen LogP) is 2.12. The topological polar surface area (TPSA) is 29.5 Å². The lowest BCUT2D eigenvalue weighted by Gasteiger charge is -2.07. The number of ether oxygens (including phenoxy) is 1. The first kappa shape index (κ1) is 9.55. The molecule has 0 unspecified atom stereocenters. The zero-order valence-corrected chi connectivity index (χ0v) is 8.41. The van der Waals surface area contributed by atoms with Gasteiger partial charge >= 0.3 is 0 Å². The molecule has 0 aliphatic rings. The smallest absolute Gasteiger partial charge is 0.118 e. The molecule has 66 valence electrons. The summed E-state index contributed by atoms with van der Waals surface area (Å²) in [6.07, 6.45) is -0.434. The van der Waals surface area contributed by atoms with Gasteiger partial charge in [0, 0.05) is 5.33 Å². The second-order valence-corrected chi connectivity index (χ2v) is 3.09. The molecule has 1 aromatic rings. The lowest BCUT2D eigenvalue weighted by Crippen LogP contribution is -1.97. The van der Waals surface area contributed by atoms with Gasteiger partial charge in [0.15, 0.2) is 0 Å². The van der Waals surface area contributed by atoms with E-state index in [0.29, 0.717) is 5.33 Å². The largest absolute Gasteiger partial charge is 0.497 e. The molecule has 2 nitrogen and oxygen atoms in total. The molecular formula is C9H11BrO2. The van der Waals surface area contributed by atoms with Gasteiger partial charge in [-0.25, -0.2) is 0 Å². The molecule has 0 saturated carbocycles. The molecule has 3 heteroatoms. The van der Waals surface area contributed by atoms with Crippen LogP contribution in [0.2, 0.25) is 0 Å². The maximum atomic E-state index is 9.41. The van der Waals surface area contributed by atoms with Crippen LogP contribution in [0.3, 0.4) is 0 Å². The van der Waals surface area contributed by atoms with Crippen LogP contribution in [0.4, 0.5) is 0 Å². The molecule has 0 aliphatic carbocycles. The summed E-state index contributed by atoms with van der Waals surface area (Å²) >= 11 is 3.21. The summed E-state index contributed by atoms with van der Waals surface area (Å²) in [6.45, 7) is 0. The van der Waals surface area contributed by atoms with E-state index in [9.17, 15) is 5.11 Å². The van der Waals surface area contributed by atoms with E-state index < -0.39 is 6.10 Å². The molecule has 0 bridgehead atoms.